The molecule has 2 amide bonds. The number of anilines is 1. The lowest BCUT2D eigenvalue weighted by molar-refractivity contribution is -0.145. The largest absolute Gasteiger partial charge is 0.480 e. The average Bonchev–Trinajstić information content (AvgIpc) is 2.42. The van der Waals surface area contributed by atoms with E-state index in [0.717, 1.165) is 12.8 Å². The van der Waals surface area contributed by atoms with E-state index in [0.29, 0.717) is 17.8 Å². The number of rotatable bonds is 2. The summed E-state index contributed by atoms with van der Waals surface area (Å²) in [6.07, 6.45) is 1.54. The number of carboxylic acid groups (broad SMARTS) is 1. The van der Waals surface area contributed by atoms with E-state index >= 15 is 0 Å². The molecule has 2 atom stereocenters. The second-order valence-corrected chi connectivity index (χ2v) is 5.49. The van der Waals surface area contributed by atoms with Crippen LogP contribution >= 0.6 is 0 Å². The third-order valence-electron chi connectivity index (χ3n) is 3.87. The lowest BCUT2D eigenvalue weighted by atomic mass is 9.91. The topological polar surface area (TPSA) is 69.6 Å². The van der Waals surface area contributed by atoms with Crippen molar-refractivity contribution in [1.29, 1.82) is 0 Å². The minimum Gasteiger partial charge on any atom is -0.480 e. The molecule has 1 aliphatic heterocycles. The molecule has 6 heteroatoms. The fourth-order valence-corrected chi connectivity index (χ4v) is 2.66. The Morgan fingerprint density at radius 3 is 2.76 bits per heavy atom. The van der Waals surface area contributed by atoms with E-state index in [4.69, 9.17) is 0 Å². The maximum absolute atomic E-state index is 13.5. The summed E-state index contributed by atoms with van der Waals surface area (Å²) in [6, 6.07) is 3.06. The molecule has 2 N–H and O–H groups in total. The number of carbonyl (C=O) groups excluding carboxylic acids is 1. The molecule has 2 rings (SSSR count). The molecule has 0 aliphatic carbocycles. The first-order valence-corrected chi connectivity index (χ1v) is 6.96. The summed E-state index contributed by atoms with van der Waals surface area (Å²) in [4.78, 5) is 24.9. The van der Waals surface area contributed by atoms with Crippen molar-refractivity contribution < 1.29 is 19.1 Å². The zero-order valence-electron chi connectivity index (χ0n) is 12.1. The number of amides is 2. The Balaban J connectivity index is 2.14. The van der Waals surface area contributed by atoms with Gasteiger partial charge in [0.25, 0.3) is 0 Å². The molecule has 1 heterocycles. The highest BCUT2D eigenvalue weighted by Gasteiger charge is 2.37. The second kappa shape index (κ2) is 6.11. The normalized spacial score (nSPS) is 22.0. The molecule has 21 heavy (non-hydrogen) atoms. The first-order chi connectivity index (χ1) is 9.90. The highest BCUT2D eigenvalue weighted by atomic mass is 19.1. The van der Waals surface area contributed by atoms with Gasteiger partial charge in [-0.3, -0.25) is 0 Å². The second-order valence-electron chi connectivity index (χ2n) is 5.49. The summed E-state index contributed by atoms with van der Waals surface area (Å²) in [5.41, 5.74) is 0.813. The van der Waals surface area contributed by atoms with Crippen molar-refractivity contribution in [2.45, 2.75) is 32.7 Å². The van der Waals surface area contributed by atoms with Gasteiger partial charge in [0.05, 0.1) is 0 Å². The summed E-state index contributed by atoms with van der Waals surface area (Å²) in [7, 11) is 0. The van der Waals surface area contributed by atoms with E-state index in [2.05, 4.69) is 5.32 Å². The molecule has 5 nitrogen and oxygen atoms in total. The van der Waals surface area contributed by atoms with E-state index in [1.54, 1.807) is 19.1 Å². The van der Waals surface area contributed by atoms with Gasteiger partial charge in [-0.15, -0.1) is 0 Å². The maximum Gasteiger partial charge on any atom is 0.326 e. The minimum absolute atomic E-state index is 0.100. The Morgan fingerprint density at radius 1 is 1.43 bits per heavy atom. The summed E-state index contributed by atoms with van der Waals surface area (Å²) >= 11 is 0. The number of hydrogen-bond donors (Lipinski definition) is 2. The molecule has 1 aromatic carbocycles. The number of likely N-dealkylation sites (tertiary alicyclic amines) is 1. The van der Waals surface area contributed by atoms with Crippen LogP contribution in [-0.2, 0) is 4.79 Å². The van der Waals surface area contributed by atoms with Crippen LogP contribution in [0.3, 0.4) is 0 Å². The van der Waals surface area contributed by atoms with Crippen LogP contribution in [0.25, 0.3) is 0 Å². The third kappa shape index (κ3) is 3.32. The number of halogens is 1. The third-order valence-corrected chi connectivity index (χ3v) is 3.87. The Hall–Kier alpha value is -2.11. The number of nitrogens with one attached hydrogen (secondary N) is 1. The lowest BCUT2D eigenvalue weighted by Gasteiger charge is -2.37. The van der Waals surface area contributed by atoms with Gasteiger partial charge >= 0.3 is 12.0 Å². The van der Waals surface area contributed by atoms with Crippen molar-refractivity contribution in [3.8, 4) is 0 Å². The van der Waals surface area contributed by atoms with Crippen molar-refractivity contribution in [2.24, 2.45) is 5.92 Å². The van der Waals surface area contributed by atoms with E-state index < -0.39 is 23.9 Å². The van der Waals surface area contributed by atoms with Crippen LogP contribution in [0.5, 0.6) is 0 Å². The van der Waals surface area contributed by atoms with Gasteiger partial charge in [0.15, 0.2) is 0 Å². The standard InChI is InChI=1S/C15H19FN2O3/c1-9-5-6-11(8-12(9)16)17-15(21)18-7-3-4-10(2)13(18)14(19)20/h5-6,8,10,13H,3-4,7H2,1-2H3,(H,17,21)(H,19,20). The van der Waals surface area contributed by atoms with Crippen LogP contribution in [0.2, 0.25) is 0 Å². The van der Waals surface area contributed by atoms with Gasteiger partial charge in [0.1, 0.15) is 11.9 Å². The number of piperidine rings is 1. The first kappa shape index (κ1) is 15.3. The molecular formula is C15H19FN2O3. The van der Waals surface area contributed by atoms with Crippen molar-refractivity contribution in [1.82, 2.24) is 4.90 Å². The minimum atomic E-state index is -1.01. The van der Waals surface area contributed by atoms with Crippen molar-refractivity contribution in [2.75, 3.05) is 11.9 Å². The molecule has 2 unspecified atom stereocenters. The van der Waals surface area contributed by atoms with E-state index in [9.17, 15) is 19.1 Å². The SMILES string of the molecule is Cc1ccc(NC(=O)N2CCCC(C)C2C(=O)O)cc1F. The number of aliphatic carboxylic acids is 1. The van der Waals surface area contributed by atoms with Gasteiger partial charge in [0.2, 0.25) is 0 Å². The molecule has 1 aromatic rings. The Labute approximate surface area is 122 Å². The molecule has 0 spiro atoms. The number of nitrogens with zero attached hydrogens (tertiary/aromatic N) is 1. The number of hydrogen-bond acceptors (Lipinski definition) is 2. The molecule has 0 bridgehead atoms. The van der Waals surface area contributed by atoms with Crippen LogP contribution in [-0.4, -0.2) is 34.6 Å². The van der Waals surface area contributed by atoms with E-state index in [1.807, 2.05) is 6.92 Å². The number of aryl methyl sites for hydroxylation is 1. The molecule has 1 fully saturated rings. The van der Waals surface area contributed by atoms with Crippen LogP contribution in [0.1, 0.15) is 25.3 Å². The highest BCUT2D eigenvalue weighted by molar-refractivity contribution is 5.92. The van der Waals surface area contributed by atoms with Crippen molar-refractivity contribution in [3.05, 3.63) is 29.6 Å². The fraction of sp³-hybridized carbons (Fsp3) is 0.467. The summed E-state index contributed by atoms with van der Waals surface area (Å²) < 4.78 is 13.5. The fourth-order valence-electron chi connectivity index (χ4n) is 2.66. The van der Waals surface area contributed by atoms with Gasteiger partial charge in [-0.25, -0.2) is 14.0 Å². The maximum atomic E-state index is 13.5. The van der Waals surface area contributed by atoms with E-state index in [1.165, 1.54) is 11.0 Å². The van der Waals surface area contributed by atoms with E-state index in [-0.39, 0.29) is 5.92 Å². The lowest BCUT2D eigenvalue weighted by Crippen LogP contribution is -2.53. The Kier molecular flexibility index (Phi) is 4.45. The summed E-state index contributed by atoms with van der Waals surface area (Å²) in [6.45, 7) is 3.85. The molecule has 0 saturated carbocycles. The van der Waals surface area contributed by atoms with Crippen LogP contribution < -0.4 is 5.32 Å². The first-order valence-electron chi connectivity index (χ1n) is 6.96. The quantitative estimate of drug-likeness (QED) is 0.881. The number of benzene rings is 1. The van der Waals surface area contributed by atoms with Crippen molar-refractivity contribution >= 4 is 17.7 Å². The van der Waals surface area contributed by atoms with Crippen LogP contribution in [0.4, 0.5) is 14.9 Å². The molecule has 0 aromatic heterocycles. The van der Waals surface area contributed by atoms with Crippen molar-refractivity contribution in [3.63, 3.8) is 0 Å². The Bertz CT molecular complexity index is 562. The summed E-state index contributed by atoms with van der Waals surface area (Å²) in [5.74, 6) is -1.52. The highest BCUT2D eigenvalue weighted by Crippen LogP contribution is 2.24. The molecule has 1 saturated heterocycles. The molecule has 1 aliphatic rings. The zero-order valence-corrected chi connectivity index (χ0v) is 12.1. The van der Waals surface area contributed by atoms with Gasteiger partial charge in [-0.05, 0) is 43.4 Å². The van der Waals surface area contributed by atoms with Crippen LogP contribution in [0.15, 0.2) is 18.2 Å². The predicted molar refractivity (Wildman–Crippen MR) is 76.7 cm³/mol. The zero-order chi connectivity index (χ0) is 15.6. The number of carboxylic acids is 1. The Morgan fingerprint density at radius 2 is 2.14 bits per heavy atom. The van der Waals surface area contributed by atoms with Crippen LogP contribution in [0, 0.1) is 18.7 Å². The van der Waals surface area contributed by atoms with Gasteiger partial charge in [0, 0.05) is 12.2 Å². The smallest absolute Gasteiger partial charge is 0.326 e. The van der Waals surface area contributed by atoms with Gasteiger partial charge in [-0.1, -0.05) is 13.0 Å². The van der Waals surface area contributed by atoms with Gasteiger partial charge in [-0.2, -0.15) is 0 Å². The predicted octanol–water partition coefficient (Wildman–Crippen LogP) is 2.85. The number of carbonyl (C=O) groups is 2. The molecule has 0 radical (unpaired) electrons. The molecular weight excluding hydrogens is 275 g/mol. The summed E-state index contributed by atoms with van der Waals surface area (Å²) in [5, 5.41) is 11.9. The molecule has 114 valence electrons. The average molecular weight is 294 g/mol. The number of urea groups is 1. The van der Waals surface area contributed by atoms with Gasteiger partial charge < -0.3 is 15.3 Å². The monoisotopic (exact) mass is 294 g/mol.